The lowest BCUT2D eigenvalue weighted by atomic mass is 9.98. The van der Waals surface area contributed by atoms with Crippen LogP contribution in [0.5, 0.6) is 5.75 Å². The Kier molecular flexibility index (Phi) is 3.81. The molecule has 1 saturated carbocycles. The van der Waals surface area contributed by atoms with Crippen LogP contribution in [0.4, 0.5) is 5.69 Å². The lowest BCUT2D eigenvalue weighted by molar-refractivity contribution is -0.127. The zero-order valence-corrected chi connectivity index (χ0v) is 11.9. The minimum absolute atomic E-state index is 0.00824. The van der Waals surface area contributed by atoms with Crippen LogP contribution in [0.2, 0.25) is 0 Å². The third-order valence-corrected chi connectivity index (χ3v) is 4.50. The third kappa shape index (κ3) is 2.74. The number of fused-ring (bicyclic) bond motifs is 1. The molecule has 0 bridgehead atoms. The molecule has 3 rings (SSSR count). The fourth-order valence-corrected chi connectivity index (χ4v) is 3.13. The standard InChI is InChI=1S/C16H22N2O2/c1-11-5-4-6-12(11)9-18-16(19)15-10-17-13-7-2-3-8-14(13)20-15/h2-3,7-8,11-12,15,17H,4-6,9-10H2,1H3,(H,18,19). The van der Waals surface area contributed by atoms with Crippen molar-refractivity contribution in [3.05, 3.63) is 24.3 Å². The summed E-state index contributed by atoms with van der Waals surface area (Å²) in [4.78, 5) is 12.2. The van der Waals surface area contributed by atoms with Gasteiger partial charge in [0.15, 0.2) is 6.10 Å². The first-order chi connectivity index (χ1) is 9.74. The summed E-state index contributed by atoms with van der Waals surface area (Å²) in [5, 5.41) is 6.30. The minimum Gasteiger partial charge on any atom is -0.477 e. The van der Waals surface area contributed by atoms with Crippen molar-refractivity contribution < 1.29 is 9.53 Å². The maximum Gasteiger partial charge on any atom is 0.262 e. The van der Waals surface area contributed by atoms with E-state index in [4.69, 9.17) is 4.74 Å². The Morgan fingerprint density at radius 3 is 3.05 bits per heavy atom. The maximum absolute atomic E-state index is 12.2. The number of ether oxygens (including phenoxy) is 1. The highest BCUT2D eigenvalue weighted by Crippen LogP contribution is 2.31. The van der Waals surface area contributed by atoms with Gasteiger partial charge in [-0.25, -0.2) is 0 Å². The first kappa shape index (κ1) is 13.3. The van der Waals surface area contributed by atoms with E-state index < -0.39 is 6.10 Å². The van der Waals surface area contributed by atoms with E-state index in [0.717, 1.165) is 23.9 Å². The van der Waals surface area contributed by atoms with E-state index in [1.54, 1.807) is 0 Å². The molecule has 1 heterocycles. The second-order valence-electron chi connectivity index (χ2n) is 5.90. The predicted octanol–water partition coefficient (Wildman–Crippen LogP) is 2.41. The van der Waals surface area contributed by atoms with Crippen molar-refractivity contribution in [3.63, 3.8) is 0 Å². The molecule has 20 heavy (non-hydrogen) atoms. The van der Waals surface area contributed by atoms with Crippen LogP contribution in [0.25, 0.3) is 0 Å². The van der Waals surface area contributed by atoms with Crippen molar-refractivity contribution >= 4 is 11.6 Å². The maximum atomic E-state index is 12.2. The van der Waals surface area contributed by atoms with E-state index in [1.807, 2.05) is 24.3 Å². The van der Waals surface area contributed by atoms with Crippen molar-refractivity contribution in [1.29, 1.82) is 0 Å². The smallest absolute Gasteiger partial charge is 0.262 e. The van der Waals surface area contributed by atoms with E-state index in [2.05, 4.69) is 17.6 Å². The Morgan fingerprint density at radius 1 is 1.40 bits per heavy atom. The van der Waals surface area contributed by atoms with Crippen LogP contribution in [-0.2, 0) is 4.79 Å². The molecule has 1 aliphatic carbocycles. The van der Waals surface area contributed by atoms with Crippen molar-refractivity contribution in [1.82, 2.24) is 5.32 Å². The van der Waals surface area contributed by atoms with E-state index in [1.165, 1.54) is 19.3 Å². The second kappa shape index (κ2) is 5.73. The van der Waals surface area contributed by atoms with E-state index in [-0.39, 0.29) is 5.91 Å². The summed E-state index contributed by atoms with van der Waals surface area (Å²) in [7, 11) is 0. The van der Waals surface area contributed by atoms with Gasteiger partial charge in [0.25, 0.3) is 5.91 Å². The summed E-state index contributed by atoms with van der Waals surface area (Å²) in [6.07, 6.45) is 3.38. The average Bonchev–Trinajstić information content (AvgIpc) is 2.89. The monoisotopic (exact) mass is 274 g/mol. The number of benzene rings is 1. The molecule has 2 aliphatic rings. The molecule has 1 aromatic rings. The van der Waals surface area contributed by atoms with Gasteiger partial charge in [-0.3, -0.25) is 4.79 Å². The SMILES string of the molecule is CC1CCCC1CNC(=O)C1CNc2ccccc2O1. The summed E-state index contributed by atoms with van der Waals surface area (Å²) >= 11 is 0. The van der Waals surface area contributed by atoms with Gasteiger partial charge in [-0.2, -0.15) is 0 Å². The highest BCUT2D eigenvalue weighted by molar-refractivity contribution is 5.83. The first-order valence-electron chi connectivity index (χ1n) is 7.51. The summed E-state index contributed by atoms with van der Waals surface area (Å²) in [5.41, 5.74) is 0.959. The van der Waals surface area contributed by atoms with Crippen LogP contribution in [0.3, 0.4) is 0 Å². The number of amides is 1. The zero-order chi connectivity index (χ0) is 13.9. The Morgan fingerprint density at radius 2 is 2.25 bits per heavy atom. The van der Waals surface area contributed by atoms with Gasteiger partial charge in [0.05, 0.1) is 12.2 Å². The van der Waals surface area contributed by atoms with Gasteiger partial charge in [0.2, 0.25) is 0 Å². The molecule has 0 spiro atoms. The molecular weight excluding hydrogens is 252 g/mol. The number of anilines is 1. The summed E-state index contributed by atoms with van der Waals surface area (Å²) < 4.78 is 5.76. The molecular formula is C16H22N2O2. The van der Waals surface area contributed by atoms with Crippen LogP contribution in [0.1, 0.15) is 26.2 Å². The first-order valence-corrected chi connectivity index (χ1v) is 7.51. The van der Waals surface area contributed by atoms with Gasteiger partial charge in [0.1, 0.15) is 5.75 Å². The van der Waals surface area contributed by atoms with Crippen LogP contribution in [-0.4, -0.2) is 25.1 Å². The molecule has 4 heteroatoms. The molecule has 1 aliphatic heterocycles. The molecule has 4 nitrogen and oxygen atoms in total. The predicted molar refractivity (Wildman–Crippen MR) is 78.9 cm³/mol. The quantitative estimate of drug-likeness (QED) is 0.890. The molecule has 1 fully saturated rings. The van der Waals surface area contributed by atoms with Gasteiger partial charge in [0, 0.05) is 6.54 Å². The highest BCUT2D eigenvalue weighted by atomic mass is 16.5. The number of hydrogen-bond donors (Lipinski definition) is 2. The second-order valence-corrected chi connectivity index (χ2v) is 5.90. The lowest BCUT2D eigenvalue weighted by Crippen LogP contribution is -2.46. The summed E-state index contributed by atoms with van der Waals surface area (Å²) in [5.74, 6) is 2.10. The average molecular weight is 274 g/mol. The Bertz CT molecular complexity index is 489. The zero-order valence-electron chi connectivity index (χ0n) is 11.9. The van der Waals surface area contributed by atoms with Crippen LogP contribution < -0.4 is 15.4 Å². The molecule has 0 aromatic heterocycles. The van der Waals surface area contributed by atoms with Gasteiger partial charge >= 0.3 is 0 Å². The molecule has 1 aromatic carbocycles. The molecule has 3 atom stereocenters. The number of carbonyl (C=O) groups excluding carboxylic acids is 1. The normalized spacial score (nSPS) is 28.1. The molecule has 0 radical (unpaired) electrons. The minimum atomic E-state index is -0.429. The summed E-state index contributed by atoms with van der Waals surface area (Å²) in [6.45, 7) is 3.59. The number of rotatable bonds is 3. The third-order valence-electron chi connectivity index (χ3n) is 4.50. The number of para-hydroxylation sites is 2. The van der Waals surface area contributed by atoms with E-state index in [0.29, 0.717) is 12.5 Å². The van der Waals surface area contributed by atoms with Gasteiger partial charge in [-0.05, 0) is 30.4 Å². The van der Waals surface area contributed by atoms with Crippen LogP contribution in [0.15, 0.2) is 24.3 Å². The topological polar surface area (TPSA) is 50.4 Å². The largest absolute Gasteiger partial charge is 0.477 e. The molecule has 2 N–H and O–H groups in total. The van der Waals surface area contributed by atoms with Crippen molar-refractivity contribution in [2.45, 2.75) is 32.3 Å². The molecule has 3 unspecified atom stereocenters. The van der Waals surface area contributed by atoms with Crippen molar-refractivity contribution in [2.24, 2.45) is 11.8 Å². The number of nitrogens with one attached hydrogen (secondary N) is 2. The molecule has 0 saturated heterocycles. The Hall–Kier alpha value is -1.71. The van der Waals surface area contributed by atoms with Crippen LogP contribution >= 0.6 is 0 Å². The van der Waals surface area contributed by atoms with E-state index in [9.17, 15) is 4.79 Å². The summed E-state index contributed by atoms with van der Waals surface area (Å²) in [6, 6.07) is 7.72. The van der Waals surface area contributed by atoms with Crippen LogP contribution in [0, 0.1) is 11.8 Å². The van der Waals surface area contributed by atoms with Gasteiger partial charge in [-0.1, -0.05) is 31.9 Å². The van der Waals surface area contributed by atoms with Crippen molar-refractivity contribution in [3.8, 4) is 5.75 Å². The van der Waals surface area contributed by atoms with Gasteiger partial charge < -0.3 is 15.4 Å². The fraction of sp³-hybridized carbons (Fsp3) is 0.562. The van der Waals surface area contributed by atoms with Gasteiger partial charge in [-0.15, -0.1) is 0 Å². The number of carbonyl (C=O) groups is 1. The Balaban J connectivity index is 1.54. The molecule has 108 valence electrons. The lowest BCUT2D eigenvalue weighted by Gasteiger charge is -2.27. The highest BCUT2D eigenvalue weighted by Gasteiger charge is 2.28. The fourth-order valence-electron chi connectivity index (χ4n) is 3.13. The number of hydrogen-bond acceptors (Lipinski definition) is 3. The van der Waals surface area contributed by atoms with Crippen molar-refractivity contribution in [2.75, 3.05) is 18.4 Å². The van der Waals surface area contributed by atoms with E-state index >= 15 is 0 Å². The Labute approximate surface area is 119 Å². The molecule has 1 amide bonds.